The first-order valence-electron chi connectivity index (χ1n) is 6.08. The molecule has 0 spiro atoms. The van der Waals surface area contributed by atoms with Gasteiger partial charge in [0.05, 0.1) is 0 Å². The molecule has 0 radical (unpaired) electrons. The molecule has 1 atom stereocenters. The van der Waals surface area contributed by atoms with Crippen molar-refractivity contribution in [3.05, 3.63) is 0 Å². The van der Waals surface area contributed by atoms with Gasteiger partial charge in [-0.2, -0.15) is 0 Å². The highest BCUT2D eigenvalue weighted by Gasteiger charge is 1.98. The zero-order valence-electron chi connectivity index (χ0n) is 9.82. The van der Waals surface area contributed by atoms with E-state index in [9.17, 15) is 0 Å². The van der Waals surface area contributed by atoms with Crippen molar-refractivity contribution >= 4 is 22.6 Å². The molecule has 0 aliphatic heterocycles. The number of halogens is 1. The first-order valence-corrected chi connectivity index (χ1v) is 7.60. The van der Waals surface area contributed by atoms with Crippen LogP contribution in [0.2, 0.25) is 0 Å². The lowest BCUT2D eigenvalue weighted by Crippen LogP contribution is -2.22. The maximum Gasteiger partial charge on any atom is -0.000473 e. The van der Waals surface area contributed by atoms with Crippen LogP contribution in [0.5, 0.6) is 0 Å². The Labute approximate surface area is 104 Å². The molecule has 0 bridgehead atoms. The summed E-state index contributed by atoms with van der Waals surface area (Å²) in [7, 11) is 0. The monoisotopic (exact) mass is 311 g/mol. The molecular weight excluding hydrogens is 285 g/mol. The van der Waals surface area contributed by atoms with Crippen LogP contribution in [0.25, 0.3) is 0 Å². The molecule has 1 unspecified atom stereocenters. The van der Waals surface area contributed by atoms with E-state index < -0.39 is 0 Å². The number of hydrogen-bond donors (Lipinski definition) is 1. The molecule has 0 aliphatic carbocycles. The summed E-state index contributed by atoms with van der Waals surface area (Å²) >= 11 is 2.46. The normalized spacial score (nSPS) is 13.1. The summed E-state index contributed by atoms with van der Waals surface area (Å²) in [6, 6.07) is 0. The fraction of sp³-hybridized carbons (Fsp3) is 1.00. The predicted octanol–water partition coefficient (Wildman–Crippen LogP) is 4.01. The summed E-state index contributed by atoms with van der Waals surface area (Å²) in [6.45, 7) is 7.03. The van der Waals surface area contributed by atoms with Crippen molar-refractivity contribution in [2.75, 3.05) is 17.5 Å². The van der Waals surface area contributed by atoms with Gasteiger partial charge in [0.1, 0.15) is 0 Å². The number of rotatable bonds is 10. The van der Waals surface area contributed by atoms with E-state index in [1.165, 1.54) is 56.0 Å². The molecule has 1 N–H and O–H groups in total. The molecule has 14 heavy (non-hydrogen) atoms. The average molecular weight is 311 g/mol. The molecule has 86 valence electrons. The van der Waals surface area contributed by atoms with Crippen LogP contribution in [0, 0.1) is 5.92 Å². The standard InChI is InChI=1S/C12H26IN/c1-3-8-12(2)11-14-10-7-5-4-6-9-13/h12,14H,3-11H2,1-2H3. The Morgan fingerprint density at radius 3 is 2.50 bits per heavy atom. The van der Waals surface area contributed by atoms with Crippen molar-refractivity contribution in [2.45, 2.75) is 52.4 Å². The molecule has 0 amide bonds. The van der Waals surface area contributed by atoms with Crippen LogP contribution in [0.1, 0.15) is 52.4 Å². The van der Waals surface area contributed by atoms with Crippen LogP contribution < -0.4 is 5.32 Å². The van der Waals surface area contributed by atoms with Crippen LogP contribution in [0.15, 0.2) is 0 Å². The van der Waals surface area contributed by atoms with E-state index in [1.54, 1.807) is 0 Å². The number of nitrogens with one attached hydrogen (secondary N) is 1. The second-order valence-electron chi connectivity index (χ2n) is 4.20. The third-order valence-corrected chi connectivity index (χ3v) is 3.27. The van der Waals surface area contributed by atoms with Gasteiger partial charge < -0.3 is 5.32 Å². The van der Waals surface area contributed by atoms with E-state index in [4.69, 9.17) is 0 Å². The van der Waals surface area contributed by atoms with Gasteiger partial charge in [-0.25, -0.2) is 0 Å². The summed E-state index contributed by atoms with van der Waals surface area (Å²) in [6.07, 6.45) is 8.25. The maximum atomic E-state index is 3.55. The van der Waals surface area contributed by atoms with Crippen molar-refractivity contribution in [3.63, 3.8) is 0 Å². The predicted molar refractivity (Wildman–Crippen MR) is 74.3 cm³/mol. The largest absolute Gasteiger partial charge is 0.316 e. The Morgan fingerprint density at radius 2 is 1.86 bits per heavy atom. The molecular formula is C12H26IN. The summed E-state index contributed by atoms with van der Waals surface area (Å²) < 4.78 is 1.32. The first kappa shape index (κ1) is 14.7. The average Bonchev–Trinajstić information content (AvgIpc) is 2.17. The molecule has 0 aliphatic rings. The molecule has 0 saturated carbocycles. The summed E-state index contributed by atoms with van der Waals surface area (Å²) in [4.78, 5) is 0. The van der Waals surface area contributed by atoms with Gasteiger partial charge in [0, 0.05) is 0 Å². The van der Waals surface area contributed by atoms with E-state index in [2.05, 4.69) is 41.8 Å². The summed E-state index contributed by atoms with van der Waals surface area (Å²) in [5, 5.41) is 3.55. The third kappa shape index (κ3) is 10.8. The van der Waals surface area contributed by atoms with Gasteiger partial charge in [0.2, 0.25) is 0 Å². The number of alkyl halides is 1. The van der Waals surface area contributed by atoms with Crippen molar-refractivity contribution in [1.82, 2.24) is 5.32 Å². The van der Waals surface area contributed by atoms with E-state index >= 15 is 0 Å². The van der Waals surface area contributed by atoms with Crippen molar-refractivity contribution in [1.29, 1.82) is 0 Å². The third-order valence-electron chi connectivity index (χ3n) is 2.51. The topological polar surface area (TPSA) is 12.0 Å². The molecule has 0 rings (SSSR count). The second kappa shape index (κ2) is 11.8. The van der Waals surface area contributed by atoms with Crippen LogP contribution in [0.4, 0.5) is 0 Å². The minimum Gasteiger partial charge on any atom is -0.316 e. The van der Waals surface area contributed by atoms with Crippen LogP contribution in [0.3, 0.4) is 0 Å². The van der Waals surface area contributed by atoms with Crippen LogP contribution >= 0.6 is 22.6 Å². The van der Waals surface area contributed by atoms with Crippen LogP contribution in [-0.4, -0.2) is 17.5 Å². The highest BCUT2D eigenvalue weighted by Crippen LogP contribution is 2.04. The van der Waals surface area contributed by atoms with E-state index in [0.717, 1.165) is 5.92 Å². The first-order chi connectivity index (χ1) is 6.81. The Bertz CT molecular complexity index is 106. The Balaban J connectivity index is 2.98. The van der Waals surface area contributed by atoms with E-state index in [-0.39, 0.29) is 0 Å². The minimum atomic E-state index is 0.856. The quantitative estimate of drug-likeness (QED) is 0.365. The number of unbranched alkanes of at least 4 members (excludes halogenated alkanes) is 3. The Kier molecular flexibility index (Phi) is 12.3. The SMILES string of the molecule is CCCC(C)CNCCCCCCI. The highest BCUT2D eigenvalue weighted by atomic mass is 127. The Morgan fingerprint density at radius 1 is 1.14 bits per heavy atom. The Hall–Kier alpha value is 0.690. The van der Waals surface area contributed by atoms with Gasteiger partial charge in [-0.05, 0) is 42.7 Å². The molecule has 2 heteroatoms. The molecule has 0 saturated heterocycles. The van der Waals surface area contributed by atoms with Crippen molar-refractivity contribution in [2.24, 2.45) is 5.92 Å². The van der Waals surface area contributed by atoms with Gasteiger partial charge in [-0.15, -0.1) is 0 Å². The lowest BCUT2D eigenvalue weighted by atomic mass is 10.1. The van der Waals surface area contributed by atoms with Gasteiger partial charge in [-0.3, -0.25) is 0 Å². The van der Waals surface area contributed by atoms with Crippen LogP contribution in [-0.2, 0) is 0 Å². The molecule has 0 aromatic heterocycles. The van der Waals surface area contributed by atoms with Gasteiger partial charge in [0.15, 0.2) is 0 Å². The molecule has 0 aromatic rings. The summed E-state index contributed by atoms with van der Waals surface area (Å²) in [5.74, 6) is 0.856. The fourth-order valence-corrected chi connectivity index (χ4v) is 2.18. The van der Waals surface area contributed by atoms with E-state index in [0.29, 0.717) is 0 Å². The fourth-order valence-electron chi connectivity index (χ4n) is 1.64. The van der Waals surface area contributed by atoms with Crippen molar-refractivity contribution < 1.29 is 0 Å². The zero-order valence-corrected chi connectivity index (χ0v) is 12.0. The summed E-state index contributed by atoms with van der Waals surface area (Å²) in [5.41, 5.74) is 0. The molecule has 0 aromatic carbocycles. The molecule has 0 fully saturated rings. The van der Waals surface area contributed by atoms with Gasteiger partial charge in [-0.1, -0.05) is 55.7 Å². The lowest BCUT2D eigenvalue weighted by molar-refractivity contribution is 0.468. The molecule has 0 heterocycles. The van der Waals surface area contributed by atoms with Gasteiger partial charge >= 0.3 is 0 Å². The highest BCUT2D eigenvalue weighted by molar-refractivity contribution is 14.1. The van der Waals surface area contributed by atoms with E-state index in [1.807, 2.05) is 0 Å². The maximum absolute atomic E-state index is 3.55. The minimum absolute atomic E-state index is 0.856. The lowest BCUT2D eigenvalue weighted by Gasteiger charge is -2.10. The zero-order chi connectivity index (χ0) is 10.6. The smallest absolute Gasteiger partial charge is 0.000473 e. The van der Waals surface area contributed by atoms with Gasteiger partial charge in [0.25, 0.3) is 0 Å². The number of hydrogen-bond acceptors (Lipinski definition) is 1. The second-order valence-corrected chi connectivity index (χ2v) is 5.28. The van der Waals surface area contributed by atoms with Crippen molar-refractivity contribution in [3.8, 4) is 0 Å². The molecule has 1 nitrogen and oxygen atoms in total.